The molecule has 0 spiro atoms. The second-order valence-corrected chi connectivity index (χ2v) is 7.46. The quantitative estimate of drug-likeness (QED) is 0.399. The van der Waals surface area contributed by atoms with Crippen LogP contribution in [0.1, 0.15) is 15.9 Å². The van der Waals surface area contributed by atoms with Crippen LogP contribution in [0, 0.1) is 0 Å². The fourth-order valence-corrected chi connectivity index (χ4v) is 3.41. The third-order valence-corrected chi connectivity index (χ3v) is 5.07. The lowest BCUT2D eigenvalue weighted by Gasteiger charge is -2.11. The van der Waals surface area contributed by atoms with E-state index in [0.717, 1.165) is 11.1 Å². The first-order chi connectivity index (χ1) is 14.1. The Morgan fingerprint density at radius 1 is 0.967 bits per heavy atom. The third-order valence-electron chi connectivity index (χ3n) is 4.59. The molecule has 2 aromatic carbocycles. The molecule has 30 heavy (non-hydrogen) atoms. The van der Waals surface area contributed by atoms with E-state index in [4.69, 9.17) is 23.2 Å². The maximum Gasteiger partial charge on any atom is 0.252 e. The van der Waals surface area contributed by atoms with Crippen LogP contribution in [0.5, 0.6) is 0 Å². The molecule has 152 valence electrons. The molecule has 0 aliphatic rings. The van der Waals surface area contributed by atoms with Crippen LogP contribution in [0.4, 0.5) is 0 Å². The van der Waals surface area contributed by atoms with Crippen molar-refractivity contribution in [2.24, 2.45) is 0 Å². The van der Waals surface area contributed by atoms with Gasteiger partial charge >= 0.3 is 0 Å². The Morgan fingerprint density at radius 3 is 2.47 bits per heavy atom. The Balaban J connectivity index is 0.00000256. The van der Waals surface area contributed by atoms with Crippen molar-refractivity contribution in [3.8, 4) is 11.3 Å². The maximum absolute atomic E-state index is 13.0. The number of nitrogens with zero attached hydrogens (tertiary/aromatic N) is 2. The van der Waals surface area contributed by atoms with Gasteiger partial charge < -0.3 is 5.32 Å². The largest absolute Gasteiger partial charge is 0.352 e. The predicted molar refractivity (Wildman–Crippen MR) is 125 cm³/mol. The number of carbonyl (C=O) groups is 1. The van der Waals surface area contributed by atoms with Gasteiger partial charge in [0.25, 0.3) is 5.91 Å². The molecule has 4 rings (SSSR count). The Labute approximate surface area is 190 Å². The van der Waals surface area contributed by atoms with E-state index >= 15 is 0 Å². The smallest absolute Gasteiger partial charge is 0.252 e. The molecule has 2 heterocycles. The van der Waals surface area contributed by atoms with Crippen molar-refractivity contribution in [2.45, 2.75) is 6.42 Å². The summed E-state index contributed by atoms with van der Waals surface area (Å²) in [5.74, 6) is -0.168. The van der Waals surface area contributed by atoms with Gasteiger partial charge in [-0.2, -0.15) is 0 Å². The average molecular weight is 459 g/mol. The van der Waals surface area contributed by atoms with Crippen LogP contribution in [0.25, 0.3) is 22.2 Å². The molecule has 0 aliphatic heterocycles. The topological polar surface area (TPSA) is 54.9 Å². The highest BCUT2D eigenvalue weighted by atomic mass is 35.5. The normalized spacial score (nSPS) is 10.5. The average Bonchev–Trinajstić information content (AvgIpc) is 2.75. The van der Waals surface area contributed by atoms with Gasteiger partial charge in [-0.1, -0.05) is 35.3 Å². The molecule has 0 bridgehead atoms. The minimum absolute atomic E-state index is 0. The highest BCUT2D eigenvalue weighted by molar-refractivity contribution is 6.31. The van der Waals surface area contributed by atoms with E-state index in [1.165, 1.54) is 0 Å². The standard InChI is InChI=1S/C23H17Cl2N3O.ClH/c24-17-5-3-15(4-6-17)9-11-27-23(29)20-13-22(16-2-1-10-26-14-16)28-21-8-7-18(25)12-19(20)21;/h1-8,10,12-14H,9,11H2,(H,27,29);1H. The highest BCUT2D eigenvalue weighted by Crippen LogP contribution is 2.26. The Kier molecular flexibility index (Phi) is 7.27. The van der Waals surface area contributed by atoms with Crippen molar-refractivity contribution >= 4 is 52.4 Å². The number of aromatic nitrogens is 2. The fraction of sp³-hybridized carbons (Fsp3) is 0.0870. The highest BCUT2D eigenvalue weighted by Gasteiger charge is 2.14. The lowest BCUT2D eigenvalue weighted by molar-refractivity contribution is 0.0956. The molecule has 0 radical (unpaired) electrons. The molecule has 0 atom stereocenters. The van der Waals surface area contributed by atoms with Gasteiger partial charge in [0.15, 0.2) is 0 Å². The molecule has 1 N–H and O–H groups in total. The van der Waals surface area contributed by atoms with E-state index in [0.29, 0.717) is 45.2 Å². The minimum Gasteiger partial charge on any atom is -0.352 e. The summed E-state index contributed by atoms with van der Waals surface area (Å²) >= 11 is 12.1. The summed E-state index contributed by atoms with van der Waals surface area (Å²) in [6.07, 6.45) is 4.14. The fourth-order valence-electron chi connectivity index (χ4n) is 3.11. The van der Waals surface area contributed by atoms with Crippen LogP contribution >= 0.6 is 35.6 Å². The molecule has 4 aromatic rings. The maximum atomic E-state index is 13.0. The number of hydrogen-bond donors (Lipinski definition) is 1. The molecule has 7 heteroatoms. The van der Waals surface area contributed by atoms with Crippen LogP contribution in [-0.2, 0) is 6.42 Å². The van der Waals surface area contributed by atoms with Gasteiger partial charge in [-0.25, -0.2) is 4.98 Å². The van der Waals surface area contributed by atoms with E-state index < -0.39 is 0 Å². The summed E-state index contributed by atoms with van der Waals surface area (Å²) in [7, 11) is 0. The number of rotatable bonds is 5. The Morgan fingerprint density at radius 2 is 1.73 bits per heavy atom. The minimum atomic E-state index is -0.168. The third kappa shape index (κ3) is 5.08. The Bertz CT molecular complexity index is 1170. The van der Waals surface area contributed by atoms with Crippen molar-refractivity contribution in [1.82, 2.24) is 15.3 Å². The van der Waals surface area contributed by atoms with Gasteiger partial charge in [-0.15, -0.1) is 12.4 Å². The second-order valence-electron chi connectivity index (χ2n) is 6.59. The van der Waals surface area contributed by atoms with Crippen molar-refractivity contribution in [3.05, 3.63) is 94.2 Å². The van der Waals surface area contributed by atoms with Crippen molar-refractivity contribution in [2.75, 3.05) is 6.54 Å². The monoisotopic (exact) mass is 457 g/mol. The van der Waals surface area contributed by atoms with E-state index in [1.54, 1.807) is 30.6 Å². The number of benzene rings is 2. The van der Waals surface area contributed by atoms with Crippen molar-refractivity contribution in [1.29, 1.82) is 0 Å². The molecule has 1 amide bonds. The van der Waals surface area contributed by atoms with E-state index in [2.05, 4.69) is 15.3 Å². The molecule has 4 nitrogen and oxygen atoms in total. The second kappa shape index (κ2) is 9.90. The first kappa shape index (κ1) is 22.0. The van der Waals surface area contributed by atoms with Crippen molar-refractivity contribution in [3.63, 3.8) is 0 Å². The van der Waals surface area contributed by atoms with Gasteiger partial charge in [-0.3, -0.25) is 9.78 Å². The Hall–Kier alpha value is -2.66. The summed E-state index contributed by atoms with van der Waals surface area (Å²) in [5.41, 5.74) is 3.88. The predicted octanol–water partition coefficient (Wildman–Crippen LogP) is 6.00. The molecular weight excluding hydrogens is 441 g/mol. The zero-order valence-electron chi connectivity index (χ0n) is 15.8. The SMILES string of the molecule is Cl.O=C(NCCc1ccc(Cl)cc1)c1cc(-c2cccnc2)nc2ccc(Cl)cc12. The number of carbonyl (C=O) groups excluding carboxylic acids is 1. The van der Waals surface area contributed by atoms with Gasteiger partial charge in [0.05, 0.1) is 16.8 Å². The lowest BCUT2D eigenvalue weighted by atomic mass is 10.0. The first-order valence-corrected chi connectivity index (χ1v) is 9.89. The van der Waals surface area contributed by atoms with Crippen LogP contribution in [-0.4, -0.2) is 22.4 Å². The molecule has 0 aliphatic carbocycles. The molecule has 2 aromatic heterocycles. The van der Waals surface area contributed by atoms with Crippen molar-refractivity contribution < 1.29 is 4.79 Å². The molecule has 0 saturated carbocycles. The first-order valence-electron chi connectivity index (χ1n) is 9.13. The van der Waals surface area contributed by atoms with E-state index in [9.17, 15) is 4.79 Å². The number of pyridine rings is 2. The molecule has 0 saturated heterocycles. The number of fused-ring (bicyclic) bond motifs is 1. The summed E-state index contributed by atoms with van der Waals surface area (Å²) < 4.78 is 0. The summed E-state index contributed by atoms with van der Waals surface area (Å²) in [5, 5.41) is 4.96. The summed E-state index contributed by atoms with van der Waals surface area (Å²) in [6.45, 7) is 0.507. The van der Waals surface area contributed by atoms with Gasteiger partial charge in [-0.05, 0) is 60.5 Å². The van der Waals surface area contributed by atoms with Gasteiger partial charge in [0, 0.05) is 39.9 Å². The van der Waals surface area contributed by atoms with Crippen LogP contribution in [0.15, 0.2) is 73.1 Å². The lowest BCUT2D eigenvalue weighted by Crippen LogP contribution is -2.26. The number of nitrogens with one attached hydrogen (secondary N) is 1. The zero-order valence-corrected chi connectivity index (χ0v) is 18.1. The number of hydrogen-bond acceptors (Lipinski definition) is 3. The van der Waals surface area contributed by atoms with E-state index in [-0.39, 0.29) is 18.3 Å². The number of amides is 1. The van der Waals surface area contributed by atoms with Crippen LogP contribution < -0.4 is 5.32 Å². The van der Waals surface area contributed by atoms with E-state index in [1.807, 2.05) is 42.5 Å². The number of halogens is 3. The van der Waals surface area contributed by atoms with Gasteiger partial charge in [0.1, 0.15) is 0 Å². The van der Waals surface area contributed by atoms with Crippen LogP contribution in [0.2, 0.25) is 10.0 Å². The van der Waals surface area contributed by atoms with Crippen LogP contribution in [0.3, 0.4) is 0 Å². The summed E-state index contributed by atoms with van der Waals surface area (Å²) in [6, 6.07) is 18.5. The molecular formula is C23H18Cl3N3O. The molecule has 0 unspecified atom stereocenters. The van der Waals surface area contributed by atoms with Gasteiger partial charge in [0.2, 0.25) is 0 Å². The zero-order chi connectivity index (χ0) is 20.2. The molecule has 0 fully saturated rings. The summed E-state index contributed by atoms with van der Waals surface area (Å²) in [4.78, 5) is 21.8.